The maximum atomic E-state index is 13.1. The topological polar surface area (TPSA) is 34.4 Å². The normalized spacial score (nSPS) is 11.1. The third-order valence-electron chi connectivity index (χ3n) is 2.94. The monoisotopic (exact) mass is 277 g/mol. The first-order valence-corrected chi connectivity index (χ1v) is 6.73. The number of nitrogens with one attached hydrogen (secondary N) is 1. The summed E-state index contributed by atoms with van der Waals surface area (Å²) in [5.41, 5.74) is 1.98. The molecule has 0 fully saturated rings. The average Bonchev–Trinajstić information content (AvgIpc) is 2.85. The van der Waals surface area contributed by atoms with Gasteiger partial charge in [0.15, 0.2) is 0 Å². The Morgan fingerprint density at radius 3 is 2.85 bits per heavy atom. The molecule has 2 rings (SSSR count). The molecule has 0 saturated heterocycles. The lowest BCUT2D eigenvalue weighted by atomic mass is 10.2. The zero-order chi connectivity index (χ0) is 14.5. The molecule has 0 aliphatic carbocycles. The van der Waals surface area contributed by atoms with Gasteiger partial charge >= 0.3 is 0 Å². The van der Waals surface area contributed by atoms with Crippen LogP contribution in [0, 0.1) is 12.7 Å². The lowest BCUT2D eigenvalue weighted by Gasteiger charge is -2.07. The molecule has 1 aromatic heterocycles. The molecule has 0 aliphatic rings. The molecular weight excluding hydrogens is 257 g/mol. The van der Waals surface area contributed by atoms with Gasteiger partial charge in [-0.1, -0.05) is 19.9 Å². The van der Waals surface area contributed by atoms with Gasteiger partial charge in [-0.25, -0.2) is 4.39 Å². The molecule has 1 aromatic carbocycles. The summed E-state index contributed by atoms with van der Waals surface area (Å²) in [6.45, 7) is 7.13. The molecule has 108 valence electrons. The van der Waals surface area contributed by atoms with E-state index in [2.05, 4.69) is 19.2 Å². The van der Waals surface area contributed by atoms with Gasteiger partial charge in [0.05, 0.1) is 6.26 Å². The number of benzene rings is 1. The minimum absolute atomic E-state index is 0.298. The number of furan rings is 1. The number of aryl methyl sites for hydroxylation is 1. The first-order valence-electron chi connectivity index (χ1n) is 6.73. The second-order valence-corrected chi connectivity index (χ2v) is 5.16. The standard InChI is InChI=1S/C16H20FNO2/c1-11(2)18-8-13-6-15(19-9-13)10-20-16-7-14(17)5-4-12(16)3/h4-7,9,11,18H,8,10H2,1-3H3. The zero-order valence-electron chi connectivity index (χ0n) is 12.1. The Labute approximate surface area is 118 Å². The Hall–Kier alpha value is -1.81. The molecule has 0 amide bonds. The highest BCUT2D eigenvalue weighted by Gasteiger charge is 2.06. The molecule has 20 heavy (non-hydrogen) atoms. The minimum atomic E-state index is -0.299. The van der Waals surface area contributed by atoms with Crippen LogP contribution in [0.15, 0.2) is 34.9 Å². The van der Waals surface area contributed by atoms with Crippen molar-refractivity contribution in [2.75, 3.05) is 0 Å². The van der Waals surface area contributed by atoms with Gasteiger partial charge in [0, 0.05) is 24.2 Å². The van der Waals surface area contributed by atoms with E-state index in [-0.39, 0.29) is 5.82 Å². The van der Waals surface area contributed by atoms with Crippen LogP contribution in [-0.4, -0.2) is 6.04 Å². The Morgan fingerprint density at radius 2 is 2.10 bits per heavy atom. The molecule has 0 unspecified atom stereocenters. The highest BCUT2D eigenvalue weighted by atomic mass is 19.1. The summed E-state index contributed by atoms with van der Waals surface area (Å²) in [4.78, 5) is 0. The van der Waals surface area contributed by atoms with E-state index in [1.165, 1.54) is 12.1 Å². The molecule has 2 aromatic rings. The van der Waals surface area contributed by atoms with E-state index >= 15 is 0 Å². The van der Waals surface area contributed by atoms with Gasteiger partial charge < -0.3 is 14.5 Å². The van der Waals surface area contributed by atoms with Gasteiger partial charge in [-0.05, 0) is 24.6 Å². The summed E-state index contributed by atoms with van der Waals surface area (Å²) in [5.74, 6) is 0.976. The average molecular weight is 277 g/mol. The molecule has 3 nitrogen and oxygen atoms in total. The number of hydrogen-bond acceptors (Lipinski definition) is 3. The van der Waals surface area contributed by atoms with E-state index in [1.807, 2.05) is 13.0 Å². The van der Waals surface area contributed by atoms with Crippen LogP contribution >= 0.6 is 0 Å². The fraction of sp³-hybridized carbons (Fsp3) is 0.375. The first-order chi connectivity index (χ1) is 9.54. The molecule has 0 radical (unpaired) electrons. The summed E-state index contributed by atoms with van der Waals surface area (Å²) in [6, 6.07) is 6.89. The summed E-state index contributed by atoms with van der Waals surface area (Å²) in [5, 5.41) is 3.32. The fourth-order valence-electron chi connectivity index (χ4n) is 1.79. The molecule has 0 bridgehead atoms. The van der Waals surface area contributed by atoms with Crippen LogP contribution in [0.1, 0.15) is 30.7 Å². The molecular formula is C16H20FNO2. The molecule has 0 saturated carbocycles. The molecule has 1 N–H and O–H groups in total. The minimum Gasteiger partial charge on any atom is -0.485 e. The summed E-state index contributed by atoms with van der Waals surface area (Å²) < 4.78 is 24.2. The summed E-state index contributed by atoms with van der Waals surface area (Å²) >= 11 is 0. The Balaban J connectivity index is 1.92. The van der Waals surface area contributed by atoms with Crippen LogP contribution < -0.4 is 10.1 Å². The lowest BCUT2D eigenvalue weighted by molar-refractivity contribution is 0.267. The second kappa shape index (κ2) is 6.57. The second-order valence-electron chi connectivity index (χ2n) is 5.16. The third-order valence-corrected chi connectivity index (χ3v) is 2.94. The van der Waals surface area contributed by atoms with Crippen LogP contribution in [0.25, 0.3) is 0 Å². The first kappa shape index (κ1) is 14.6. The van der Waals surface area contributed by atoms with Crippen molar-refractivity contribution in [3.05, 3.63) is 53.2 Å². The predicted octanol–water partition coefficient (Wildman–Crippen LogP) is 3.80. The molecule has 1 heterocycles. The zero-order valence-corrected chi connectivity index (χ0v) is 12.1. The Bertz CT molecular complexity index is 563. The maximum absolute atomic E-state index is 13.1. The molecule has 0 atom stereocenters. The Kier molecular flexibility index (Phi) is 4.79. The van der Waals surface area contributed by atoms with Crippen molar-refractivity contribution < 1.29 is 13.5 Å². The van der Waals surface area contributed by atoms with Gasteiger partial charge in [-0.15, -0.1) is 0 Å². The largest absolute Gasteiger partial charge is 0.485 e. The Morgan fingerprint density at radius 1 is 1.30 bits per heavy atom. The van der Waals surface area contributed by atoms with Gasteiger partial charge in [-0.2, -0.15) is 0 Å². The smallest absolute Gasteiger partial charge is 0.146 e. The van der Waals surface area contributed by atoms with Gasteiger partial charge in [0.25, 0.3) is 0 Å². The predicted molar refractivity (Wildman–Crippen MR) is 76.2 cm³/mol. The molecule has 4 heteroatoms. The molecule has 0 spiro atoms. The van der Waals surface area contributed by atoms with E-state index in [0.717, 1.165) is 23.4 Å². The van der Waals surface area contributed by atoms with Gasteiger partial charge in [0.2, 0.25) is 0 Å². The van der Waals surface area contributed by atoms with Crippen LogP contribution in [0.3, 0.4) is 0 Å². The van der Waals surface area contributed by atoms with Gasteiger partial charge in [0.1, 0.15) is 23.9 Å². The number of ether oxygens (including phenoxy) is 1. The fourth-order valence-corrected chi connectivity index (χ4v) is 1.79. The van der Waals surface area contributed by atoms with Crippen molar-refractivity contribution in [1.29, 1.82) is 0 Å². The van der Waals surface area contributed by atoms with Crippen LogP contribution in [0.5, 0.6) is 5.75 Å². The highest BCUT2D eigenvalue weighted by Crippen LogP contribution is 2.20. The van der Waals surface area contributed by atoms with E-state index in [4.69, 9.17) is 9.15 Å². The van der Waals surface area contributed by atoms with Crippen molar-refractivity contribution in [1.82, 2.24) is 5.32 Å². The summed E-state index contributed by atoms with van der Waals surface area (Å²) in [7, 11) is 0. The van der Waals surface area contributed by atoms with Crippen molar-refractivity contribution in [3.8, 4) is 5.75 Å². The van der Waals surface area contributed by atoms with Crippen molar-refractivity contribution in [2.24, 2.45) is 0 Å². The number of halogens is 1. The number of rotatable bonds is 6. The van der Waals surface area contributed by atoms with E-state index < -0.39 is 0 Å². The quantitative estimate of drug-likeness (QED) is 0.872. The van der Waals surface area contributed by atoms with Crippen molar-refractivity contribution in [3.63, 3.8) is 0 Å². The van der Waals surface area contributed by atoms with E-state index in [1.54, 1.807) is 12.3 Å². The van der Waals surface area contributed by atoms with E-state index in [9.17, 15) is 4.39 Å². The molecule has 0 aliphatic heterocycles. The van der Waals surface area contributed by atoms with Crippen molar-refractivity contribution in [2.45, 2.75) is 40.0 Å². The van der Waals surface area contributed by atoms with Crippen molar-refractivity contribution >= 4 is 0 Å². The highest BCUT2D eigenvalue weighted by molar-refractivity contribution is 5.32. The maximum Gasteiger partial charge on any atom is 0.146 e. The lowest BCUT2D eigenvalue weighted by Crippen LogP contribution is -2.21. The number of hydrogen-bond donors (Lipinski definition) is 1. The van der Waals surface area contributed by atoms with Crippen LogP contribution in [-0.2, 0) is 13.2 Å². The summed E-state index contributed by atoms with van der Waals surface area (Å²) in [6.07, 6.45) is 1.71. The van der Waals surface area contributed by atoms with E-state index in [0.29, 0.717) is 18.4 Å². The van der Waals surface area contributed by atoms with Gasteiger partial charge in [-0.3, -0.25) is 0 Å². The third kappa shape index (κ3) is 4.10. The van der Waals surface area contributed by atoms with Crippen LogP contribution in [0.2, 0.25) is 0 Å². The van der Waals surface area contributed by atoms with Crippen LogP contribution in [0.4, 0.5) is 4.39 Å². The SMILES string of the molecule is Cc1ccc(F)cc1OCc1cc(CNC(C)C)co1.